The Morgan fingerprint density at radius 2 is 2.00 bits per heavy atom. The van der Waals surface area contributed by atoms with Gasteiger partial charge in [-0.3, -0.25) is 0 Å². The fourth-order valence-corrected chi connectivity index (χ4v) is 1.97. The number of aryl methyl sites for hydroxylation is 1. The minimum Gasteiger partial charge on any atom is -0.389 e. The molecule has 0 saturated heterocycles. The van der Waals surface area contributed by atoms with E-state index in [0.717, 1.165) is 17.3 Å². The molecule has 1 N–H and O–H groups in total. The molecular formula is C12H14I2O. The maximum atomic E-state index is 9.73. The third-order valence-electron chi connectivity index (χ3n) is 2.07. The van der Waals surface area contributed by atoms with E-state index in [-0.39, 0.29) is 6.10 Å². The van der Waals surface area contributed by atoms with Gasteiger partial charge in [-0.2, -0.15) is 0 Å². The number of benzene rings is 1. The molecule has 0 bridgehead atoms. The van der Waals surface area contributed by atoms with Crippen LogP contribution in [-0.4, -0.2) is 15.6 Å². The van der Waals surface area contributed by atoms with Gasteiger partial charge >= 0.3 is 0 Å². The van der Waals surface area contributed by atoms with E-state index in [9.17, 15) is 5.11 Å². The Hall–Kier alpha value is 0.380. The first-order valence-corrected chi connectivity index (χ1v) is 7.47. The number of alkyl halides is 1. The second kappa shape index (κ2) is 7.62. The van der Waals surface area contributed by atoms with Gasteiger partial charge in [0.05, 0.1) is 6.10 Å². The van der Waals surface area contributed by atoms with Crippen molar-refractivity contribution in [2.75, 3.05) is 4.43 Å². The van der Waals surface area contributed by atoms with E-state index in [0.29, 0.717) is 0 Å². The lowest BCUT2D eigenvalue weighted by atomic mass is 10.1. The lowest BCUT2D eigenvalue weighted by Gasteiger charge is -2.06. The van der Waals surface area contributed by atoms with Gasteiger partial charge in [-0.25, -0.2) is 0 Å². The van der Waals surface area contributed by atoms with E-state index in [1.54, 1.807) is 0 Å². The summed E-state index contributed by atoms with van der Waals surface area (Å²) in [6.45, 7) is 0. The van der Waals surface area contributed by atoms with E-state index in [1.165, 1.54) is 9.14 Å². The van der Waals surface area contributed by atoms with E-state index in [2.05, 4.69) is 57.3 Å². The molecule has 0 saturated carbocycles. The van der Waals surface area contributed by atoms with Crippen molar-refractivity contribution in [2.24, 2.45) is 0 Å². The summed E-state index contributed by atoms with van der Waals surface area (Å²) in [5, 5.41) is 9.73. The maximum Gasteiger partial charge on any atom is 0.0734 e. The van der Waals surface area contributed by atoms with Crippen molar-refractivity contribution < 1.29 is 5.11 Å². The highest BCUT2D eigenvalue weighted by molar-refractivity contribution is 14.1. The van der Waals surface area contributed by atoms with Gasteiger partial charge < -0.3 is 5.11 Å². The molecule has 1 aromatic carbocycles. The average Bonchev–Trinajstić information content (AvgIpc) is 2.27. The standard InChI is InChI=1S/C12H14I2O/c13-9-11(14)8-12(15)7-6-10-4-2-1-3-5-10/h1-5,8,12,15H,6-7,9H2/b11-8+. The highest BCUT2D eigenvalue weighted by Crippen LogP contribution is 2.13. The summed E-state index contributed by atoms with van der Waals surface area (Å²) < 4.78 is 2.19. The summed E-state index contributed by atoms with van der Waals surface area (Å²) >= 11 is 4.57. The molecule has 1 atom stereocenters. The fraction of sp³-hybridized carbons (Fsp3) is 0.333. The molecule has 1 aromatic rings. The zero-order chi connectivity index (χ0) is 11.1. The van der Waals surface area contributed by atoms with Crippen molar-refractivity contribution >= 4 is 45.2 Å². The number of hydrogen-bond acceptors (Lipinski definition) is 1. The molecule has 82 valence electrons. The van der Waals surface area contributed by atoms with Crippen molar-refractivity contribution in [2.45, 2.75) is 18.9 Å². The second-order valence-electron chi connectivity index (χ2n) is 3.34. The molecule has 0 fully saturated rings. The van der Waals surface area contributed by atoms with Crippen LogP contribution in [0.2, 0.25) is 0 Å². The number of hydrogen-bond donors (Lipinski definition) is 1. The van der Waals surface area contributed by atoms with E-state index >= 15 is 0 Å². The quantitative estimate of drug-likeness (QED) is 0.560. The molecule has 0 spiro atoms. The van der Waals surface area contributed by atoms with Crippen molar-refractivity contribution in [1.82, 2.24) is 0 Å². The van der Waals surface area contributed by atoms with Crippen LogP contribution in [0.1, 0.15) is 12.0 Å². The summed E-state index contributed by atoms with van der Waals surface area (Å²) in [5.41, 5.74) is 1.29. The van der Waals surface area contributed by atoms with E-state index in [4.69, 9.17) is 0 Å². The zero-order valence-electron chi connectivity index (χ0n) is 8.37. The Kier molecular flexibility index (Phi) is 6.83. The number of rotatable bonds is 5. The maximum absolute atomic E-state index is 9.73. The molecule has 1 rings (SSSR count). The minimum absolute atomic E-state index is 0.313. The first-order chi connectivity index (χ1) is 7.22. The normalized spacial score (nSPS) is 13.9. The van der Waals surface area contributed by atoms with E-state index < -0.39 is 0 Å². The van der Waals surface area contributed by atoms with Crippen LogP contribution in [-0.2, 0) is 6.42 Å². The summed E-state index contributed by atoms with van der Waals surface area (Å²) in [7, 11) is 0. The lowest BCUT2D eigenvalue weighted by Crippen LogP contribution is -2.04. The van der Waals surface area contributed by atoms with Crippen LogP contribution in [0, 0.1) is 0 Å². The smallest absolute Gasteiger partial charge is 0.0734 e. The van der Waals surface area contributed by atoms with Crippen molar-refractivity contribution in [1.29, 1.82) is 0 Å². The molecule has 1 unspecified atom stereocenters. The first-order valence-electron chi connectivity index (χ1n) is 4.86. The predicted molar refractivity (Wildman–Crippen MR) is 81.8 cm³/mol. The van der Waals surface area contributed by atoms with Crippen molar-refractivity contribution in [3.63, 3.8) is 0 Å². The highest BCUT2D eigenvalue weighted by Gasteiger charge is 2.01. The minimum atomic E-state index is -0.313. The van der Waals surface area contributed by atoms with Crippen molar-refractivity contribution in [3.8, 4) is 0 Å². The van der Waals surface area contributed by atoms with Crippen LogP contribution in [0.15, 0.2) is 40.0 Å². The number of halogens is 2. The molecule has 3 heteroatoms. The third kappa shape index (κ3) is 5.87. The van der Waals surface area contributed by atoms with Crippen LogP contribution in [0.4, 0.5) is 0 Å². The van der Waals surface area contributed by atoms with Crippen LogP contribution >= 0.6 is 45.2 Å². The van der Waals surface area contributed by atoms with Gasteiger partial charge in [-0.1, -0.05) is 52.9 Å². The molecule has 15 heavy (non-hydrogen) atoms. The number of allylic oxidation sites excluding steroid dienone is 1. The first kappa shape index (κ1) is 13.4. The number of aliphatic hydroxyl groups is 1. The molecule has 0 heterocycles. The summed E-state index contributed by atoms with van der Waals surface area (Å²) in [6, 6.07) is 10.3. The second-order valence-corrected chi connectivity index (χ2v) is 5.49. The third-order valence-corrected chi connectivity index (χ3v) is 5.09. The Balaban J connectivity index is 2.38. The molecule has 0 aliphatic carbocycles. The van der Waals surface area contributed by atoms with Crippen LogP contribution in [0.5, 0.6) is 0 Å². The summed E-state index contributed by atoms with van der Waals surface area (Å²) in [4.78, 5) is 0. The topological polar surface area (TPSA) is 20.2 Å². The van der Waals surface area contributed by atoms with Gasteiger partial charge in [-0.05, 0) is 50.7 Å². The zero-order valence-corrected chi connectivity index (χ0v) is 12.7. The Labute approximate surface area is 118 Å². The average molecular weight is 428 g/mol. The van der Waals surface area contributed by atoms with E-state index in [1.807, 2.05) is 24.3 Å². The van der Waals surface area contributed by atoms with Gasteiger partial charge in [0, 0.05) is 4.43 Å². The Bertz CT molecular complexity index is 309. The SMILES string of the molecule is OC(/C=C(/I)CI)CCc1ccccc1. The van der Waals surface area contributed by atoms with Gasteiger partial charge in [0.1, 0.15) is 0 Å². The summed E-state index contributed by atoms with van der Waals surface area (Å²) in [5.74, 6) is 0. The molecular weight excluding hydrogens is 414 g/mol. The number of aliphatic hydroxyl groups excluding tert-OH is 1. The molecule has 0 aromatic heterocycles. The molecule has 1 nitrogen and oxygen atoms in total. The monoisotopic (exact) mass is 428 g/mol. The molecule has 0 aliphatic heterocycles. The van der Waals surface area contributed by atoms with Crippen molar-refractivity contribution in [3.05, 3.63) is 45.6 Å². The van der Waals surface area contributed by atoms with Crippen LogP contribution < -0.4 is 0 Å². The largest absolute Gasteiger partial charge is 0.389 e. The Morgan fingerprint density at radius 1 is 1.33 bits per heavy atom. The van der Waals surface area contributed by atoms with Gasteiger partial charge in [0.15, 0.2) is 0 Å². The highest BCUT2D eigenvalue weighted by atomic mass is 127. The molecule has 0 aliphatic rings. The molecule has 0 radical (unpaired) electrons. The molecule has 0 amide bonds. The van der Waals surface area contributed by atoms with Gasteiger partial charge in [0.2, 0.25) is 0 Å². The van der Waals surface area contributed by atoms with Crippen LogP contribution in [0.3, 0.4) is 0 Å². The van der Waals surface area contributed by atoms with Gasteiger partial charge in [0.25, 0.3) is 0 Å². The van der Waals surface area contributed by atoms with Gasteiger partial charge in [-0.15, -0.1) is 0 Å². The predicted octanol–water partition coefficient (Wildman–Crippen LogP) is 3.73. The van der Waals surface area contributed by atoms with Crippen LogP contribution in [0.25, 0.3) is 0 Å². The lowest BCUT2D eigenvalue weighted by molar-refractivity contribution is 0.213. The summed E-state index contributed by atoms with van der Waals surface area (Å²) in [6.07, 6.45) is 3.36. The fourth-order valence-electron chi connectivity index (χ4n) is 1.30. The Morgan fingerprint density at radius 3 is 2.60 bits per heavy atom.